The zero-order valence-corrected chi connectivity index (χ0v) is 18.4. The lowest BCUT2D eigenvalue weighted by molar-refractivity contribution is -0.153. The molecule has 4 aliphatic rings. The zero-order valence-electron chi connectivity index (χ0n) is 17.6. The van der Waals surface area contributed by atoms with E-state index >= 15 is 0 Å². The number of halogens is 1. The molecule has 0 N–H and O–H groups in total. The van der Waals surface area contributed by atoms with Crippen LogP contribution in [0.1, 0.15) is 69.8 Å². The molecule has 2 atom stereocenters. The number of ether oxygens (including phenoxy) is 3. The van der Waals surface area contributed by atoms with Crippen LogP contribution >= 0.6 is 11.6 Å². The molecule has 0 spiro atoms. The van der Waals surface area contributed by atoms with Gasteiger partial charge in [-0.15, -0.1) is 0 Å². The predicted octanol–water partition coefficient (Wildman–Crippen LogP) is 5.13. The fourth-order valence-electron chi connectivity index (χ4n) is 5.24. The summed E-state index contributed by atoms with van der Waals surface area (Å²) in [6, 6.07) is 3.51. The molecule has 1 aromatic rings. The first-order valence-electron chi connectivity index (χ1n) is 11.1. The van der Waals surface area contributed by atoms with E-state index in [4.69, 9.17) is 30.8 Å². The highest BCUT2D eigenvalue weighted by Crippen LogP contribution is 2.48. The van der Waals surface area contributed by atoms with E-state index in [0.29, 0.717) is 39.8 Å². The molecule has 7 heteroatoms. The van der Waals surface area contributed by atoms with Gasteiger partial charge in [0, 0.05) is 40.4 Å². The number of aliphatic imine (C=N–C) groups is 1. The van der Waals surface area contributed by atoms with Gasteiger partial charge in [-0.25, -0.2) is 0 Å². The van der Waals surface area contributed by atoms with Crippen LogP contribution in [-0.2, 0) is 14.3 Å². The van der Waals surface area contributed by atoms with Crippen molar-refractivity contribution in [2.45, 2.75) is 70.3 Å². The smallest absolute Gasteiger partial charge is 0.315 e. The predicted molar refractivity (Wildman–Crippen MR) is 116 cm³/mol. The van der Waals surface area contributed by atoms with Crippen LogP contribution < -0.4 is 9.47 Å². The fraction of sp³-hybridized carbons (Fsp3) is 0.542. The van der Waals surface area contributed by atoms with Crippen LogP contribution in [0.5, 0.6) is 11.5 Å². The van der Waals surface area contributed by atoms with E-state index in [1.165, 1.54) is 6.42 Å². The van der Waals surface area contributed by atoms with Crippen molar-refractivity contribution in [3.05, 3.63) is 34.0 Å². The summed E-state index contributed by atoms with van der Waals surface area (Å²) in [5.41, 5.74) is 2.74. The van der Waals surface area contributed by atoms with Gasteiger partial charge in [0.05, 0.1) is 0 Å². The minimum Gasteiger partial charge on any atom is -0.462 e. The van der Waals surface area contributed by atoms with E-state index in [2.05, 4.69) is 0 Å². The van der Waals surface area contributed by atoms with Gasteiger partial charge in [0.1, 0.15) is 12.0 Å². The first kappa shape index (κ1) is 20.6. The lowest BCUT2D eigenvalue weighted by Crippen LogP contribution is -2.39. The molecule has 2 heterocycles. The number of carbonyl (C=O) groups is 2. The monoisotopic (exact) mass is 443 g/mol. The second-order valence-corrected chi connectivity index (χ2v) is 9.18. The third-order valence-electron chi connectivity index (χ3n) is 6.75. The molecule has 1 unspecified atom stereocenters. The van der Waals surface area contributed by atoms with E-state index in [1.807, 2.05) is 6.92 Å². The van der Waals surface area contributed by atoms with Crippen molar-refractivity contribution in [2.75, 3.05) is 6.79 Å². The maximum atomic E-state index is 13.5. The average Bonchev–Trinajstić information content (AvgIpc) is 3.20. The highest BCUT2D eigenvalue weighted by Gasteiger charge is 2.45. The molecule has 0 saturated heterocycles. The second-order valence-electron chi connectivity index (χ2n) is 8.77. The summed E-state index contributed by atoms with van der Waals surface area (Å²) in [7, 11) is 0. The number of allylic oxidation sites excluding steroid dienone is 2. The highest BCUT2D eigenvalue weighted by molar-refractivity contribution is 6.32. The number of benzene rings is 1. The first-order chi connectivity index (χ1) is 15.0. The quantitative estimate of drug-likeness (QED) is 0.605. The number of fused-ring (bicyclic) bond motifs is 1. The van der Waals surface area contributed by atoms with Crippen molar-refractivity contribution in [2.24, 2.45) is 10.9 Å². The Morgan fingerprint density at radius 2 is 1.84 bits per heavy atom. The van der Waals surface area contributed by atoms with E-state index in [9.17, 15) is 9.59 Å². The third-order valence-corrected chi connectivity index (χ3v) is 7.08. The summed E-state index contributed by atoms with van der Waals surface area (Å²) in [5, 5.41) is 0.449. The van der Waals surface area contributed by atoms with E-state index in [0.717, 1.165) is 44.2 Å². The van der Waals surface area contributed by atoms with Crippen LogP contribution in [0.15, 0.2) is 28.4 Å². The Morgan fingerprint density at radius 3 is 2.61 bits per heavy atom. The molecular weight excluding hydrogens is 418 g/mol. The summed E-state index contributed by atoms with van der Waals surface area (Å²) in [4.78, 5) is 31.2. The van der Waals surface area contributed by atoms with Gasteiger partial charge in [-0.2, -0.15) is 0 Å². The standard InChI is InChI=1S/C24H26ClNO5/c1-13-21(24(28)31-14-6-3-2-4-7-14)22(23-17(26-13)8-5-9-18(23)27)15-10-19-20(11-16(15)25)30-12-29-19/h10-11,14,21-22H,2-9,12H2,1H3/t21?,22-/m1/s1. The SMILES string of the molecule is CC1=NC2=C(C(=O)CCC2)[C@H](c2cc3c(cc2Cl)OCO3)C1C(=O)OC1CCCCC1. The van der Waals surface area contributed by atoms with Crippen molar-refractivity contribution in [1.82, 2.24) is 0 Å². The van der Waals surface area contributed by atoms with Gasteiger partial charge in [-0.3, -0.25) is 14.6 Å². The largest absolute Gasteiger partial charge is 0.462 e. The number of Topliss-reactive ketones (excluding diaryl/α,β-unsaturated/α-hetero) is 1. The van der Waals surface area contributed by atoms with Gasteiger partial charge in [0.15, 0.2) is 17.3 Å². The number of rotatable bonds is 3. The topological polar surface area (TPSA) is 74.2 Å². The molecule has 164 valence electrons. The van der Waals surface area contributed by atoms with Gasteiger partial charge in [0.25, 0.3) is 0 Å². The molecule has 0 amide bonds. The van der Waals surface area contributed by atoms with Crippen LogP contribution in [-0.4, -0.2) is 30.4 Å². The van der Waals surface area contributed by atoms with Gasteiger partial charge in [0.2, 0.25) is 6.79 Å². The second kappa shape index (κ2) is 8.30. The maximum Gasteiger partial charge on any atom is 0.315 e. The Bertz CT molecular complexity index is 992. The van der Waals surface area contributed by atoms with Crippen LogP contribution in [0.4, 0.5) is 0 Å². The summed E-state index contributed by atoms with van der Waals surface area (Å²) in [6.45, 7) is 1.98. The van der Waals surface area contributed by atoms with Crippen LogP contribution in [0.2, 0.25) is 5.02 Å². The minimum absolute atomic E-state index is 0.0340. The fourth-order valence-corrected chi connectivity index (χ4v) is 5.51. The normalized spacial score (nSPS) is 25.9. The van der Waals surface area contributed by atoms with Crippen molar-refractivity contribution in [1.29, 1.82) is 0 Å². The van der Waals surface area contributed by atoms with Crippen LogP contribution in [0.3, 0.4) is 0 Å². The Balaban J connectivity index is 1.57. The molecule has 6 nitrogen and oxygen atoms in total. The van der Waals surface area contributed by atoms with Crippen LogP contribution in [0, 0.1) is 5.92 Å². The number of ketones is 1. The molecule has 2 aliphatic heterocycles. The number of carbonyl (C=O) groups excluding carboxylic acids is 2. The van der Waals surface area contributed by atoms with E-state index < -0.39 is 11.8 Å². The summed E-state index contributed by atoms with van der Waals surface area (Å²) < 4.78 is 17.0. The molecule has 1 aromatic carbocycles. The van der Waals surface area contributed by atoms with Crippen LogP contribution in [0.25, 0.3) is 0 Å². The first-order valence-corrected chi connectivity index (χ1v) is 11.5. The molecule has 0 bridgehead atoms. The number of hydrogen-bond donors (Lipinski definition) is 0. The summed E-state index contributed by atoms with van der Waals surface area (Å²) in [5.74, 6) is -0.354. The van der Waals surface area contributed by atoms with Crippen molar-refractivity contribution >= 4 is 29.1 Å². The van der Waals surface area contributed by atoms with E-state index in [1.54, 1.807) is 12.1 Å². The third kappa shape index (κ3) is 3.75. The Labute approximate surface area is 186 Å². The zero-order chi connectivity index (χ0) is 21.5. The maximum absolute atomic E-state index is 13.5. The summed E-state index contributed by atoms with van der Waals surface area (Å²) >= 11 is 6.67. The van der Waals surface area contributed by atoms with Crippen molar-refractivity contribution < 1.29 is 23.8 Å². The molecule has 1 saturated carbocycles. The Morgan fingerprint density at radius 1 is 1.10 bits per heavy atom. The highest BCUT2D eigenvalue weighted by atomic mass is 35.5. The number of nitrogens with zero attached hydrogens (tertiary/aromatic N) is 1. The van der Waals surface area contributed by atoms with Gasteiger partial charge >= 0.3 is 5.97 Å². The average molecular weight is 444 g/mol. The van der Waals surface area contributed by atoms with E-state index in [-0.39, 0.29) is 24.6 Å². The lowest BCUT2D eigenvalue weighted by Gasteiger charge is -2.35. The lowest BCUT2D eigenvalue weighted by atomic mass is 9.71. The molecule has 5 rings (SSSR count). The minimum atomic E-state index is -0.680. The van der Waals surface area contributed by atoms with Gasteiger partial charge < -0.3 is 14.2 Å². The number of esters is 1. The molecule has 0 aromatic heterocycles. The van der Waals surface area contributed by atoms with Gasteiger partial charge in [-0.1, -0.05) is 18.0 Å². The molecule has 1 fully saturated rings. The van der Waals surface area contributed by atoms with Crippen molar-refractivity contribution in [3.8, 4) is 11.5 Å². The number of hydrogen-bond acceptors (Lipinski definition) is 6. The Hall–Kier alpha value is -2.34. The van der Waals surface area contributed by atoms with Crippen molar-refractivity contribution in [3.63, 3.8) is 0 Å². The molecular formula is C24H26ClNO5. The summed E-state index contributed by atoms with van der Waals surface area (Å²) in [6.07, 6.45) is 6.97. The molecule has 2 aliphatic carbocycles. The molecule has 0 radical (unpaired) electrons. The van der Waals surface area contributed by atoms with Gasteiger partial charge in [-0.05, 0) is 57.1 Å². The molecule has 31 heavy (non-hydrogen) atoms. The Kier molecular flexibility index (Phi) is 5.51.